The summed E-state index contributed by atoms with van der Waals surface area (Å²) >= 11 is 4.65. The third kappa shape index (κ3) is 6.87. The van der Waals surface area contributed by atoms with Gasteiger partial charge in [-0.25, -0.2) is 0 Å². The molecule has 0 aliphatic carbocycles. The SMILES string of the molecule is C=CC.CC.N/N=C(\N)c1c(-c2ccc(C3CCNCC3)cc2)ccc(Br)c1SN. The summed E-state index contributed by atoms with van der Waals surface area (Å²) in [6, 6.07) is 12.7. The van der Waals surface area contributed by atoms with E-state index in [1.807, 2.05) is 32.9 Å². The first kappa shape index (κ1) is 26.2. The van der Waals surface area contributed by atoms with E-state index < -0.39 is 0 Å². The molecule has 7 N–H and O–H groups in total. The van der Waals surface area contributed by atoms with Crippen LogP contribution >= 0.6 is 27.9 Å². The van der Waals surface area contributed by atoms with Crippen molar-refractivity contribution < 1.29 is 0 Å². The van der Waals surface area contributed by atoms with Crippen LogP contribution < -0.4 is 22.0 Å². The van der Waals surface area contributed by atoms with Gasteiger partial charge in [-0.05, 0) is 89.4 Å². The molecule has 0 aromatic heterocycles. The van der Waals surface area contributed by atoms with Gasteiger partial charge in [0.2, 0.25) is 0 Å². The molecule has 1 saturated heterocycles. The van der Waals surface area contributed by atoms with E-state index in [1.54, 1.807) is 6.08 Å². The molecule has 1 aliphatic heterocycles. The van der Waals surface area contributed by atoms with Crippen molar-refractivity contribution in [3.63, 3.8) is 0 Å². The zero-order valence-electron chi connectivity index (χ0n) is 18.1. The topological polar surface area (TPSA) is 102 Å². The van der Waals surface area contributed by atoms with E-state index in [0.717, 1.165) is 51.1 Å². The van der Waals surface area contributed by atoms with Crippen LogP contribution in [-0.4, -0.2) is 18.9 Å². The Morgan fingerprint density at radius 2 is 1.73 bits per heavy atom. The predicted octanol–water partition coefficient (Wildman–Crippen LogP) is 5.35. The Balaban J connectivity index is 0.000000826. The van der Waals surface area contributed by atoms with E-state index in [0.29, 0.717) is 5.92 Å². The lowest BCUT2D eigenvalue weighted by atomic mass is 9.89. The summed E-state index contributed by atoms with van der Waals surface area (Å²) in [5, 5.41) is 12.9. The number of nitrogens with two attached hydrogens (primary N) is 3. The van der Waals surface area contributed by atoms with Crippen LogP contribution in [0.4, 0.5) is 0 Å². The summed E-state index contributed by atoms with van der Waals surface area (Å²) in [7, 11) is 0. The fourth-order valence-electron chi connectivity index (χ4n) is 3.32. The number of hydrazone groups is 1. The minimum atomic E-state index is 0.270. The lowest BCUT2D eigenvalue weighted by Crippen LogP contribution is -2.26. The second kappa shape index (κ2) is 14.2. The number of benzene rings is 2. The molecule has 0 unspecified atom stereocenters. The molecule has 1 heterocycles. The number of allylic oxidation sites excluding steroid dienone is 1. The van der Waals surface area contributed by atoms with Gasteiger partial charge < -0.3 is 16.9 Å². The molecule has 2 aromatic carbocycles. The standard InChI is InChI=1S/C18H22BrN5S.C3H6.C2H6/c19-15-6-5-14(16(17(15)25-22)18(20)24-21)13-3-1-11(2-4-13)12-7-9-23-10-8-12;1-3-2;1-2/h1-6,12,23H,7-10,21-22H2,(H2,20,24);3H,1H2,2H3;1-2H3. The average Bonchev–Trinajstić information content (AvgIpc) is 2.81. The fraction of sp³-hybridized carbons (Fsp3) is 0.348. The highest BCUT2D eigenvalue weighted by Crippen LogP contribution is 2.36. The first-order chi connectivity index (χ1) is 14.6. The maximum absolute atomic E-state index is 6.05. The first-order valence-corrected chi connectivity index (χ1v) is 11.9. The highest BCUT2D eigenvalue weighted by Gasteiger charge is 2.18. The highest BCUT2D eigenvalue weighted by molar-refractivity contribution is 9.10. The zero-order chi connectivity index (χ0) is 22.5. The highest BCUT2D eigenvalue weighted by atomic mass is 79.9. The van der Waals surface area contributed by atoms with Crippen molar-refractivity contribution in [2.24, 2.45) is 21.8 Å². The van der Waals surface area contributed by atoms with Gasteiger partial charge >= 0.3 is 0 Å². The quantitative estimate of drug-likeness (QED) is 0.115. The van der Waals surface area contributed by atoms with E-state index in [4.69, 9.17) is 16.7 Å². The van der Waals surface area contributed by atoms with E-state index in [-0.39, 0.29) is 5.84 Å². The van der Waals surface area contributed by atoms with Gasteiger partial charge in [0.25, 0.3) is 0 Å². The molecule has 7 heteroatoms. The smallest absolute Gasteiger partial charge is 0.152 e. The maximum Gasteiger partial charge on any atom is 0.152 e. The number of hydrogen-bond donors (Lipinski definition) is 4. The Hall–Kier alpha value is -1.80. The van der Waals surface area contributed by atoms with Crippen LogP contribution in [0.15, 0.2) is 63.5 Å². The van der Waals surface area contributed by atoms with Crippen LogP contribution in [0.3, 0.4) is 0 Å². The largest absolute Gasteiger partial charge is 0.382 e. The van der Waals surface area contributed by atoms with Gasteiger partial charge in [-0.15, -0.1) is 6.58 Å². The third-order valence-electron chi connectivity index (χ3n) is 4.65. The number of halogens is 1. The molecular formula is C23H34BrN5S. The van der Waals surface area contributed by atoms with Gasteiger partial charge in [-0.3, -0.25) is 5.14 Å². The summed E-state index contributed by atoms with van der Waals surface area (Å²) in [6.07, 6.45) is 4.12. The second-order valence-electron chi connectivity index (χ2n) is 6.49. The summed E-state index contributed by atoms with van der Waals surface area (Å²) < 4.78 is 0.872. The molecule has 0 atom stereocenters. The minimum absolute atomic E-state index is 0.270. The van der Waals surface area contributed by atoms with Crippen molar-refractivity contribution in [3.05, 3.63) is 64.7 Å². The van der Waals surface area contributed by atoms with Crippen molar-refractivity contribution in [3.8, 4) is 11.1 Å². The Kier molecular flexibility index (Phi) is 12.5. The molecule has 1 fully saturated rings. The molecule has 164 valence electrons. The molecule has 5 nitrogen and oxygen atoms in total. The average molecular weight is 493 g/mol. The van der Waals surface area contributed by atoms with Crippen LogP contribution in [0.1, 0.15) is 50.7 Å². The summed E-state index contributed by atoms with van der Waals surface area (Å²) in [5.74, 6) is 6.34. The number of hydrogen-bond acceptors (Lipinski definition) is 5. The normalized spacial score (nSPS) is 14.1. The Morgan fingerprint density at radius 3 is 2.23 bits per heavy atom. The second-order valence-corrected chi connectivity index (χ2v) is 7.98. The molecule has 0 radical (unpaired) electrons. The van der Waals surface area contributed by atoms with Crippen molar-refractivity contribution >= 4 is 33.7 Å². The van der Waals surface area contributed by atoms with Gasteiger partial charge in [-0.2, -0.15) is 5.10 Å². The summed E-state index contributed by atoms with van der Waals surface area (Å²) in [6.45, 7) is 11.4. The van der Waals surface area contributed by atoms with Crippen molar-refractivity contribution in [2.75, 3.05) is 13.1 Å². The zero-order valence-corrected chi connectivity index (χ0v) is 20.5. The van der Waals surface area contributed by atoms with E-state index in [9.17, 15) is 0 Å². The van der Waals surface area contributed by atoms with Crippen molar-refractivity contribution in [1.29, 1.82) is 0 Å². The Bertz CT molecular complexity index is 815. The number of amidine groups is 1. The van der Waals surface area contributed by atoms with Gasteiger partial charge in [-0.1, -0.05) is 50.3 Å². The monoisotopic (exact) mass is 491 g/mol. The lowest BCUT2D eigenvalue weighted by molar-refractivity contribution is 0.460. The van der Waals surface area contributed by atoms with Gasteiger partial charge in [0.05, 0.1) is 0 Å². The first-order valence-electron chi connectivity index (χ1n) is 10.2. The number of rotatable bonds is 4. The molecule has 3 rings (SSSR count). The van der Waals surface area contributed by atoms with Gasteiger partial charge in [0.1, 0.15) is 0 Å². The Labute approximate surface area is 193 Å². The predicted molar refractivity (Wildman–Crippen MR) is 137 cm³/mol. The van der Waals surface area contributed by atoms with Crippen LogP contribution in [0.5, 0.6) is 0 Å². The van der Waals surface area contributed by atoms with E-state index in [2.05, 4.69) is 57.2 Å². The van der Waals surface area contributed by atoms with E-state index >= 15 is 0 Å². The van der Waals surface area contributed by atoms with Crippen molar-refractivity contribution in [1.82, 2.24) is 5.32 Å². The minimum Gasteiger partial charge on any atom is -0.382 e. The third-order valence-corrected chi connectivity index (χ3v) is 6.24. The van der Waals surface area contributed by atoms with Crippen LogP contribution in [-0.2, 0) is 0 Å². The van der Waals surface area contributed by atoms with Gasteiger partial charge in [0.15, 0.2) is 5.84 Å². The number of nitrogens with one attached hydrogen (secondary N) is 1. The van der Waals surface area contributed by atoms with Gasteiger partial charge in [0, 0.05) is 14.9 Å². The molecule has 0 bridgehead atoms. The van der Waals surface area contributed by atoms with Crippen molar-refractivity contribution in [2.45, 2.75) is 44.4 Å². The molecule has 1 aliphatic rings. The van der Waals surface area contributed by atoms with Crippen LogP contribution in [0.2, 0.25) is 0 Å². The van der Waals surface area contributed by atoms with Crippen LogP contribution in [0, 0.1) is 0 Å². The van der Waals surface area contributed by atoms with E-state index in [1.165, 1.54) is 18.4 Å². The molecule has 0 amide bonds. The Morgan fingerprint density at radius 1 is 1.17 bits per heavy atom. The fourth-order valence-corrected chi connectivity index (χ4v) is 4.45. The molecule has 2 aromatic rings. The summed E-state index contributed by atoms with van der Waals surface area (Å²) in [5.41, 5.74) is 10.2. The van der Waals surface area contributed by atoms with Crippen LogP contribution in [0.25, 0.3) is 11.1 Å². The molecular weight excluding hydrogens is 458 g/mol. The molecule has 0 spiro atoms. The summed E-state index contributed by atoms with van der Waals surface area (Å²) in [4.78, 5) is 0.826. The number of nitrogens with zero attached hydrogens (tertiary/aromatic N) is 1. The number of piperidine rings is 1. The molecule has 30 heavy (non-hydrogen) atoms. The maximum atomic E-state index is 6.05. The molecule has 0 saturated carbocycles. The lowest BCUT2D eigenvalue weighted by Gasteiger charge is -2.23.